The molecule has 0 aromatic heterocycles. The standard InChI is InChI=1S/C38H42Cl2F2N4O4/c1-21(22-13-15-44-16-14-22)50-36(48)23-9-12-29(30(17-23)49-5)45-35(47)34-32(25-7-6-8-27(40)33(25)42)38(20-43,31(46-34)19-37(2,3)4)26-11-10-24(39)18-28(26)41/h6-12,17-18,21-22,31-32,34,44,46H,13-16,19H2,1-5H3,(H,45,47)/t21?,31-,32-,34+,38-/m0/s1. The molecule has 1 amide bonds. The number of ether oxygens (including phenoxy) is 2. The molecule has 266 valence electrons. The van der Waals surface area contributed by atoms with Gasteiger partial charge in [0.25, 0.3) is 0 Å². The van der Waals surface area contributed by atoms with Crippen molar-refractivity contribution in [2.45, 2.75) is 76.5 Å². The van der Waals surface area contributed by atoms with E-state index in [0.29, 0.717) is 6.42 Å². The zero-order valence-corrected chi connectivity index (χ0v) is 30.2. The van der Waals surface area contributed by atoms with Crippen LogP contribution in [0, 0.1) is 34.3 Å². The smallest absolute Gasteiger partial charge is 0.338 e. The molecule has 3 aromatic rings. The number of nitriles is 1. The van der Waals surface area contributed by atoms with Crippen LogP contribution in [0.3, 0.4) is 0 Å². The van der Waals surface area contributed by atoms with E-state index in [-0.39, 0.29) is 50.2 Å². The van der Waals surface area contributed by atoms with E-state index in [1.165, 1.54) is 55.6 Å². The molecule has 2 aliphatic rings. The van der Waals surface area contributed by atoms with E-state index >= 15 is 8.78 Å². The minimum atomic E-state index is -1.78. The Labute approximate surface area is 301 Å². The van der Waals surface area contributed by atoms with Crippen molar-refractivity contribution in [3.05, 3.63) is 93.0 Å². The Morgan fingerprint density at radius 3 is 2.46 bits per heavy atom. The minimum Gasteiger partial charge on any atom is -0.495 e. The van der Waals surface area contributed by atoms with Crippen LogP contribution < -0.4 is 20.7 Å². The average molecular weight is 728 g/mol. The van der Waals surface area contributed by atoms with Crippen LogP contribution in [0.1, 0.15) is 74.4 Å². The summed E-state index contributed by atoms with van der Waals surface area (Å²) >= 11 is 12.4. The molecule has 0 saturated carbocycles. The summed E-state index contributed by atoms with van der Waals surface area (Å²) in [4.78, 5) is 27.5. The molecule has 2 heterocycles. The summed E-state index contributed by atoms with van der Waals surface area (Å²) in [6.07, 6.45) is 1.86. The number of rotatable bonds is 9. The Hall–Kier alpha value is -3.75. The monoisotopic (exact) mass is 726 g/mol. The molecule has 50 heavy (non-hydrogen) atoms. The predicted molar refractivity (Wildman–Crippen MR) is 190 cm³/mol. The van der Waals surface area contributed by atoms with Crippen molar-refractivity contribution in [1.29, 1.82) is 5.26 Å². The second kappa shape index (κ2) is 15.2. The maximum Gasteiger partial charge on any atom is 0.338 e. The highest BCUT2D eigenvalue weighted by Gasteiger charge is 2.61. The molecule has 3 aromatic carbocycles. The Morgan fingerprint density at radius 2 is 1.82 bits per heavy atom. The fourth-order valence-electron chi connectivity index (χ4n) is 7.34. The number of benzene rings is 3. The second-order valence-corrected chi connectivity index (χ2v) is 15.1. The maximum absolute atomic E-state index is 16.0. The highest BCUT2D eigenvalue weighted by molar-refractivity contribution is 6.31. The lowest BCUT2D eigenvalue weighted by Crippen LogP contribution is -2.45. The first-order valence-electron chi connectivity index (χ1n) is 16.7. The van der Waals surface area contributed by atoms with Crippen molar-refractivity contribution >= 4 is 40.8 Å². The molecule has 1 unspecified atom stereocenters. The van der Waals surface area contributed by atoms with Gasteiger partial charge >= 0.3 is 5.97 Å². The predicted octanol–water partition coefficient (Wildman–Crippen LogP) is 7.79. The number of amides is 1. The van der Waals surface area contributed by atoms with Gasteiger partial charge in [-0.2, -0.15) is 5.26 Å². The fourth-order valence-corrected chi connectivity index (χ4v) is 7.68. The van der Waals surface area contributed by atoms with Crippen LogP contribution in [-0.2, 0) is 14.9 Å². The van der Waals surface area contributed by atoms with Gasteiger partial charge in [-0.1, -0.05) is 62.2 Å². The van der Waals surface area contributed by atoms with Gasteiger partial charge in [0.15, 0.2) is 0 Å². The van der Waals surface area contributed by atoms with Gasteiger partial charge in [0.1, 0.15) is 28.9 Å². The first-order valence-corrected chi connectivity index (χ1v) is 17.4. The third-order valence-electron chi connectivity index (χ3n) is 9.77. The summed E-state index contributed by atoms with van der Waals surface area (Å²) in [5, 5.41) is 20.5. The number of carbonyl (C=O) groups is 2. The van der Waals surface area contributed by atoms with Crippen LogP contribution in [0.5, 0.6) is 5.75 Å². The molecule has 5 atom stereocenters. The van der Waals surface area contributed by atoms with Gasteiger partial charge in [0.05, 0.1) is 35.5 Å². The van der Waals surface area contributed by atoms with Crippen LogP contribution in [0.25, 0.3) is 0 Å². The molecule has 3 N–H and O–H groups in total. The Kier molecular flexibility index (Phi) is 11.4. The van der Waals surface area contributed by atoms with Crippen molar-refractivity contribution < 1.29 is 27.8 Å². The lowest BCUT2D eigenvalue weighted by atomic mass is 9.62. The van der Waals surface area contributed by atoms with E-state index in [4.69, 9.17) is 32.7 Å². The van der Waals surface area contributed by atoms with E-state index in [2.05, 4.69) is 22.0 Å². The van der Waals surface area contributed by atoms with Crippen molar-refractivity contribution in [2.75, 3.05) is 25.5 Å². The summed E-state index contributed by atoms with van der Waals surface area (Å²) in [6.45, 7) is 9.51. The van der Waals surface area contributed by atoms with Crippen LogP contribution in [0.2, 0.25) is 10.0 Å². The molecular formula is C38H42Cl2F2N4O4. The summed E-state index contributed by atoms with van der Waals surface area (Å²) in [5.74, 6) is -3.53. The van der Waals surface area contributed by atoms with Crippen molar-refractivity contribution in [2.24, 2.45) is 11.3 Å². The lowest BCUT2D eigenvalue weighted by molar-refractivity contribution is -0.118. The number of esters is 1. The van der Waals surface area contributed by atoms with Crippen LogP contribution in [0.15, 0.2) is 54.6 Å². The highest BCUT2D eigenvalue weighted by Crippen LogP contribution is 2.53. The Morgan fingerprint density at radius 1 is 1.10 bits per heavy atom. The average Bonchev–Trinajstić information content (AvgIpc) is 3.39. The molecule has 0 bridgehead atoms. The van der Waals surface area contributed by atoms with Crippen molar-refractivity contribution in [3.8, 4) is 11.8 Å². The lowest BCUT2D eigenvalue weighted by Gasteiger charge is -2.37. The third kappa shape index (κ3) is 7.62. The van der Waals surface area contributed by atoms with Crippen molar-refractivity contribution in [1.82, 2.24) is 10.6 Å². The Balaban J connectivity index is 1.54. The van der Waals surface area contributed by atoms with Gasteiger partial charge in [0, 0.05) is 22.5 Å². The first kappa shape index (κ1) is 37.5. The number of nitrogens with zero attached hydrogens (tertiary/aromatic N) is 1. The number of anilines is 1. The molecule has 12 heteroatoms. The number of hydrogen-bond donors (Lipinski definition) is 3. The van der Waals surface area contributed by atoms with Gasteiger partial charge in [0.2, 0.25) is 5.91 Å². The number of nitrogens with one attached hydrogen (secondary N) is 3. The number of carbonyl (C=O) groups excluding carboxylic acids is 2. The van der Waals surface area contributed by atoms with E-state index in [1.54, 1.807) is 0 Å². The van der Waals surface area contributed by atoms with Gasteiger partial charge in [-0.05, 0) is 92.6 Å². The molecule has 2 aliphatic heterocycles. The molecule has 0 aliphatic carbocycles. The number of methoxy groups -OCH3 is 1. The molecular weight excluding hydrogens is 685 g/mol. The quantitative estimate of drug-likeness (QED) is 0.193. The van der Waals surface area contributed by atoms with Crippen molar-refractivity contribution in [3.63, 3.8) is 0 Å². The molecule has 2 saturated heterocycles. The van der Waals surface area contributed by atoms with E-state index in [1.807, 2.05) is 27.7 Å². The third-order valence-corrected chi connectivity index (χ3v) is 10.3. The van der Waals surface area contributed by atoms with Crippen LogP contribution in [0.4, 0.5) is 14.5 Å². The molecule has 2 fully saturated rings. The molecule has 8 nitrogen and oxygen atoms in total. The zero-order chi connectivity index (χ0) is 36.4. The van der Waals surface area contributed by atoms with E-state index in [0.717, 1.165) is 32.0 Å². The van der Waals surface area contributed by atoms with Gasteiger partial charge in [-0.15, -0.1) is 0 Å². The number of piperidine rings is 1. The normalized spacial score (nSPS) is 23.2. The van der Waals surface area contributed by atoms with Gasteiger partial charge in [-0.25, -0.2) is 13.6 Å². The SMILES string of the molecule is COc1cc(C(=O)OC(C)C2CCNCC2)ccc1NC(=O)[C@@H]1N[C@@H](CC(C)(C)C)[C@](C#N)(c2ccc(Cl)cc2F)[C@H]1c1cccc(Cl)c1F. The highest BCUT2D eigenvalue weighted by atomic mass is 35.5. The molecule has 0 spiro atoms. The summed E-state index contributed by atoms with van der Waals surface area (Å²) in [7, 11) is 1.40. The number of hydrogen-bond acceptors (Lipinski definition) is 7. The number of halogens is 4. The fraction of sp³-hybridized carbons (Fsp3) is 0.447. The van der Waals surface area contributed by atoms with E-state index in [9.17, 15) is 14.9 Å². The summed E-state index contributed by atoms with van der Waals surface area (Å²) < 4.78 is 43.3. The second-order valence-electron chi connectivity index (χ2n) is 14.3. The summed E-state index contributed by atoms with van der Waals surface area (Å²) in [5.41, 5.74) is -1.75. The molecule has 5 rings (SSSR count). The largest absolute Gasteiger partial charge is 0.495 e. The van der Waals surface area contributed by atoms with Gasteiger partial charge in [-0.3, -0.25) is 4.79 Å². The van der Waals surface area contributed by atoms with Crippen LogP contribution in [-0.4, -0.2) is 50.3 Å². The molecule has 0 radical (unpaired) electrons. The zero-order valence-electron chi connectivity index (χ0n) is 28.7. The Bertz CT molecular complexity index is 1790. The summed E-state index contributed by atoms with van der Waals surface area (Å²) in [6, 6.07) is 13.1. The minimum absolute atomic E-state index is 0.0228. The first-order chi connectivity index (χ1) is 23.7. The maximum atomic E-state index is 16.0. The topological polar surface area (TPSA) is 112 Å². The van der Waals surface area contributed by atoms with Gasteiger partial charge < -0.3 is 25.4 Å². The van der Waals surface area contributed by atoms with E-state index < -0.39 is 52.3 Å². The van der Waals surface area contributed by atoms with Crippen LogP contribution >= 0.6 is 23.2 Å².